The fourth-order valence-corrected chi connectivity index (χ4v) is 2.99. The summed E-state index contributed by atoms with van der Waals surface area (Å²) in [7, 11) is 1.99. The van der Waals surface area contributed by atoms with Gasteiger partial charge in [-0.15, -0.1) is 0 Å². The molecular formula is C19H23NO. The third kappa shape index (κ3) is 2.81. The molecule has 0 saturated carbocycles. The SMILES string of the molecule is CNC(C)c1cc(C)ccc1OCC1Cc2ccccc21. The van der Waals surface area contributed by atoms with E-state index in [1.165, 1.54) is 22.3 Å². The molecule has 1 aliphatic carbocycles. The Bertz CT molecular complexity index is 635. The second-order valence-corrected chi connectivity index (χ2v) is 5.96. The van der Waals surface area contributed by atoms with Crippen molar-refractivity contribution in [2.45, 2.75) is 32.2 Å². The minimum Gasteiger partial charge on any atom is -0.493 e. The Morgan fingerprint density at radius 3 is 2.81 bits per heavy atom. The molecule has 2 nitrogen and oxygen atoms in total. The van der Waals surface area contributed by atoms with Gasteiger partial charge in [-0.05, 0) is 44.5 Å². The molecule has 2 aromatic rings. The van der Waals surface area contributed by atoms with Crippen LogP contribution in [0.25, 0.3) is 0 Å². The standard InChI is InChI=1S/C19H23NO/c1-13-8-9-19(18(10-13)14(2)20-3)21-12-16-11-15-6-4-5-7-17(15)16/h4-10,14,16,20H,11-12H2,1-3H3. The van der Waals surface area contributed by atoms with Gasteiger partial charge in [-0.25, -0.2) is 0 Å². The lowest BCUT2D eigenvalue weighted by Crippen LogP contribution is -2.23. The van der Waals surface area contributed by atoms with Crippen LogP contribution in [0.4, 0.5) is 0 Å². The Morgan fingerprint density at radius 2 is 2.05 bits per heavy atom. The second-order valence-electron chi connectivity index (χ2n) is 5.96. The fourth-order valence-electron chi connectivity index (χ4n) is 2.99. The van der Waals surface area contributed by atoms with Crippen molar-refractivity contribution in [1.82, 2.24) is 5.32 Å². The lowest BCUT2D eigenvalue weighted by molar-refractivity contribution is 0.271. The highest BCUT2D eigenvalue weighted by molar-refractivity contribution is 5.41. The molecule has 0 saturated heterocycles. The largest absolute Gasteiger partial charge is 0.493 e. The van der Waals surface area contributed by atoms with E-state index in [2.05, 4.69) is 61.6 Å². The van der Waals surface area contributed by atoms with E-state index in [1.54, 1.807) is 0 Å². The Labute approximate surface area is 127 Å². The number of ether oxygens (including phenoxy) is 1. The normalized spacial score (nSPS) is 17.8. The highest BCUT2D eigenvalue weighted by Crippen LogP contribution is 2.36. The molecule has 0 bridgehead atoms. The molecule has 1 N–H and O–H groups in total. The number of hydrogen-bond donors (Lipinski definition) is 1. The average Bonchev–Trinajstić information content (AvgIpc) is 2.48. The van der Waals surface area contributed by atoms with Crippen LogP contribution >= 0.6 is 0 Å². The van der Waals surface area contributed by atoms with E-state index in [0.717, 1.165) is 18.8 Å². The molecule has 2 atom stereocenters. The molecule has 21 heavy (non-hydrogen) atoms. The van der Waals surface area contributed by atoms with Gasteiger partial charge in [0.05, 0.1) is 6.61 Å². The summed E-state index contributed by atoms with van der Waals surface area (Å²) >= 11 is 0. The van der Waals surface area contributed by atoms with Gasteiger partial charge in [0.15, 0.2) is 0 Å². The highest BCUT2D eigenvalue weighted by atomic mass is 16.5. The van der Waals surface area contributed by atoms with Crippen LogP contribution in [0.3, 0.4) is 0 Å². The van der Waals surface area contributed by atoms with Gasteiger partial charge in [0, 0.05) is 17.5 Å². The first-order valence-electron chi connectivity index (χ1n) is 7.67. The summed E-state index contributed by atoms with van der Waals surface area (Å²) in [6, 6.07) is 15.4. The molecule has 2 aromatic carbocycles. The summed E-state index contributed by atoms with van der Waals surface area (Å²) in [5.74, 6) is 1.55. The summed E-state index contributed by atoms with van der Waals surface area (Å²) in [6.45, 7) is 5.06. The first-order chi connectivity index (χ1) is 10.2. The van der Waals surface area contributed by atoms with Gasteiger partial charge < -0.3 is 10.1 Å². The lowest BCUT2D eigenvalue weighted by atomic mass is 9.78. The predicted molar refractivity (Wildman–Crippen MR) is 87.0 cm³/mol. The van der Waals surface area contributed by atoms with E-state index in [1.807, 2.05) is 7.05 Å². The maximum absolute atomic E-state index is 6.14. The quantitative estimate of drug-likeness (QED) is 0.894. The maximum atomic E-state index is 6.14. The van der Waals surface area contributed by atoms with Crippen molar-refractivity contribution >= 4 is 0 Å². The van der Waals surface area contributed by atoms with Crippen molar-refractivity contribution in [3.05, 3.63) is 64.7 Å². The monoisotopic (exact) mass is 281 g/mol. The summed E-state index contributed by atoms with van der Waals surface area (Å²) in [5, 5.41) is 3.30. The van der Waals surface area contributed by atoms with Crippen LogP contribution in [0, 0.1) is 6.92 Å². The molecule has 2 heteroatoms. The fraction of sp³-hybridized carbons (Fsp3) is 0.368. The van der Waals surface area contributed by atoms with Gasteiger partial charge in [0.1, 0.15) is 5.75 Å². The Balaban J connectivity index is 1.72. The van der Waals surface area contributed by atoms with Crippen molar-refractivity contribution in [1.29, 1.82) is 0 Å². The minimum atomic E-state index is 0.300. The highest BCUT2D eigenvalue weighted by Gasteiger charge is 2.26. The van der Waals surface area contributed by atoms with Crippen molar-refractivity contribution in [2.75, 3.05) is 13.7 Å². The van der Waals surface area contributed by atoms with Crippen molar-refractivity contribution in [2.24, 2.45) is 0 Å². The van der Waals surface area contributed by atoms with Crippen molar-refractivity contribution < 1.29 is 4.74 Å². The third-order valence-corrected chi connectivity index (χ3v) is 4.47. The molecule has 1 aliphatic rings. The zero-order valence-corrected chi connectivity index (χ0v) is 13.0. The van der Waals surface area contributed by atoms with Gasteiger partial charge in [0.2, 0.25) is 0 Å². The zero-order chi connectivity index (χ0) is 14.8. The number of nitrogens with one attached hydrogen (secondary N) is 1. The molecular weight excluding hydrogens is 258 g/mol. The summed E-state index contributed by atoms with van der Waals surface area (Å²) in [4.78, 5) is 0. The number of fused-ring (bicyclic) bond motifs is 1. The first-order valence-corrected chi connectivity index (χ1v) is 7.67. The Morgan fingerprint density at radius 1 is 1.24 bits per heavy atom. The van der Waals surface area contributed by atoms with Gasteiger partial charge in [-0.1, -0.05) is 42.0 Å². The molecule has 3 rings (SSSR count). The van der Waals surface area contributed by atoms with E-state index in [0.29, 0.717) is 12.0 Å². The third-order valence-electron chi connectivity index (χ3n) is 4.47. The molecule has 110 valence electrons. The molecule has 0 aromatic heterocycles. The smallest absolute Gasteiger partial charge is 0.124 e. The van der Waals surface area contributed by atoms with Gasteiger partial charge in [-0.3, -0.25) is 0 Å². The molecule has 0 radical (unpaired) electrons. The summed E-state index contributed by atoms with van der Waals surface area (Å²) in [5.41, 5.74) is 5.44. The van der Waals surface area contributed by atoms with E-state index in [9.17, 15) is 0 Å². The maximum Gasteiger partial charge on any atom is 0.124 e. The topological polar surface area (TPSA) is 21.3 Å². The van der Waals surface area contributed by atoms with Crippen LogP contribution in [0.1, 0.15) is 41.1 Å². The lowest BCUT2D eigenvalue weighted by Gasteiger charge is -2.30. The van der Waals surface area contributed by atoms with E-state index >= 15 is 0 Å². The predicted octanol–water partition coefficient (Wildman–Crippen LogP) is 3.99. The zero-order valence-electron chi connectivity index (χ0n) is 13.0. The van der Waals surface area contributed by atoms with Crippen molar-refractivity contribution in [3.8, 4) is 5.75 Å². The van der Waals surface area contributed by atoms with Crippen molar-refractivity contribution in [3.63, 3.8) is 0 Å². The number of aryl methyl sites for hydroxylation is 1. The van der Waals surface area contributed by atoms with E-state index in [-0.39, 0.29) is 0 Å². The average molecular weight is 281 g/mol. The van der Waals surface area contributed by atoms with E-state index < -0.39 is 0 Å². The van der Waals surface area contributed by atoms with Crippen LogP contribution in [0.5, 0.6) is 5.75 Å². The first kappa shape index (κ1) is 14.2. The minimum absolute atomic E-state index is 0.300. The number of hydrogen-bond acceptors (Lipinski definition) is 2. The van der Waals surface area contributed by atoms with Crippen LogP contribution in [-0.2, 0) is 6.42 Å². The van der Waals surface area contributed by atoms with Gasteiger partial charge in [0.25, 0.3) is 0 Å². The molecule has 0 fully saturated rings. The Hall–Kier alpha value is -1.80. The van der Waals surface area contributed by atoms with Crippen LogP contribution in [0.15, 0.2) is 42.5 Å². The second kappa shape index (κ2) is 5.90. The Kier molecular flexibility index (Phi) is 3.98. The molecule has 2 unspecified atom stereocenters. The van der Waals surface area contributed by atoms with Crippen LogP contribution in [-0.4, -0.2) is 13.7 Å². The number of benzene rings is 2. The number of rotatable bonds is 5. The van der Waals surface area contributed by atoms with Crippen LogP contribution in [0.2, 0.25) is 0 Å². The van der Waals surface area contributed by atoms with Gasteiger partial charge >= 0.3 is 0 Å². The molecule has 0 spiro atoms. The molecule has 0 amide bonds. The van der Waals surface area contributed by atoms with Crippen LogP contribution < -0.4 is 10.1 Å². The summed E-state index contributed by atoms with van der Waals surface area (Å²) in [6.07, 6.45) is 1.14. The molecule has 0 aliphatic heterocycles. The molecule has 0 heterocycles. The van der Waals surface area contributed by atoms with Gasteiger partial charge in [-0.2, -0.15) is 0 Å². The summed E-state index contributed by atoms with van der Waals surface area (Å²) < 4.78 is 6.14. The van der Waals surface area contributed by atoms with E-state index in [4.69, 9.17) is 4.74 Å².